The van der Waals surface area contributed by atoms with Gasteiger partial charge in [-0.05, 0) is 51.9 Å². The maximum atomic E-state index is 12.6. The predicted octanol–water partition coefficient (Wildman–Crippen LogP) is 2.17. The Morgan fingerprint density at radius 3 is 2.58 bits per heavy atom. The van der Waals surface area contributed by atoms with Crippen molar-refractivity contribution >= 4 is 12.0 Å². The third-order valence-electron chi connectivity index (χ3n) is 4.41. The van der Waals surface area contributed by atoms with Crippen LogP contribution in [0.1, 0.15) is 46.0 Å². The Morgan fingerprint density at radius 1 is 1.37 bits per heavy atom. The molecule has 1 unspecified atom stereocenters. The van der Waals surface area contributed by atoms with E-state index in [9.17, 15) is 14.7 Å². The third kappa shape index (κ3) is 2.85. The average Bonchev–Trinajstić information content (AvgIpc) is 3.19. The summed E-state index contributed by atoms with van der Waals surface area (Å²) in [6, 6.07) is -0.0981. The molecule has 19 heavy (non-hydrogen) atoms. The monoisotopic (exact) mass is 268 g/mol. The molecule has 0 radical (unpaired) electrons. The zero-order chi connectivity index (χ0) is 14.0. The Bertz CT molecular complexity index is 368. The maximum absolute atomic E-state index is 12.6. The maximum Gasteiger partial charge on any atom is 0.329 e. The van der Waals surface area contributed by atoms with Crippen molar-refractivity contribution in [1.82, 2.24) is 9.80 Å². The van der Waals surface area contributed by atoms with Crippen LogP contribution in [-0.2, 0) is 4.79 Å². The molecule has 0 aromatic carbocycles. The Balaban J connectivity index is 2.11. The number of carbonyl (C=O) groups is 2. The standard InChI is InChI=1S/C14H24N2O3/c1-3-15(10-11-6-7-11)13(19)16-9-5-4-8-14(16,2)12(17)18/h11H,3-10H2,1-2H3,(H,17,18). The van der Waals surface area contributed by atoms with Crippen molar-refractivity contribution in [1.29, 1.82) is 0 Å². The lowest BCUT2D eigenvalue weighted by Gasteiger charge is -2.43. The Kier molecular flexibility index (Phi) is 4.02. The van der Waals surface area contributed by atoms with Gasteiger partial charge in [0, 0.05) is 19.6 Å². The first-order valence-corrected chi connectivity index (χ1v) is 7.29. The summed E-state index contributed by atoms with van der Waals surface area (Å²) >= 11 is 0. The lowest BCUT2D eigenvalue weighted by molar-refractivity contribution is -0.150. The van der Waals surface area contributed by atoms with Crippen LogP contribution in [0.25, 0.3) is 0 Å². The molecule has 1 saturated heterocycles. The highest BCUT2D eigenvalue weighted by atomic mass is 16.4. The molecule has 5 nitrogen and oxygen atoms in total. The highest BCUT2D eigenvalue weighted by Gasteiger charge is 2.45. The van der Waals surface area contributed by atoms with Gasteiger partial charge < -0.3 is 14.9 Å². The zero-order valence-corrected chi connectivity index (χ0v) is 11.9. The summed E-state index contributed by atoms with van der Waals surface area (Å²) in [6.07, 6.45) is 4.71. The number of piperidine rings is 1. The fourth-order valence-electron chi connectivity index (χ4n) is 2.78. The number of carboxylic acids is 1. The van der Waals surface area contributed by atoms with Gasteiger partial charge in [-0.25, -0.2) is 9.59 Å². The zero-order valence-electron chi connectivity index (χ0n) is 11.9. The summed E-state index contributed by atoms with van der Waals surface area (Å²) in [4.78, 5) is 27.5. The van der Waals surface area contributed by atoms with Gasteiger partial charge in [0.25, 0.3) is 0 Å². The van der Waals surface area contributed by atoms with Crippen molar-refractivity contribution in [3.8, 4) is 0 Å². The smallest absolute Gasteiger partial charge is 0.329 e. The lowest BCUT2D eigenvalue weighted by Crippen LogP contribution is -2.60. The van der Waals surface area contributed by atoms with Gasteiger partial charge in [0.15, 0.2) is 0 Å². The molecule has 0 aromatic heterocycles. The molecule has 1 saturated carbocycles. The Morgan fingerprint density at radius 2 is 2.05 bits per heavy atom. The van der Waals surface area contributed by atoms with Crippen molar-refractivity contribution < 1.29 is 14.7 Å². The molecule has 108 valence electrons. The second-order valence-electron chi connectivity index (χ2n) is 5.95. The Hall–Kier alpha value is -1.26. The fraction of sp³-hybridized carbons (Fsp3) is 0.857. The summed E-state index contributed by atoms with van der Waals surface area (Å²) in [5.74, 6) is -0.257. The minimum Gasteiger partial charge on any atom is -0.480 e. The molecule has 5 heteroatoms. The third-order valence-corrected chi connectivity index (χ3v) is 4.41. The van der Waals surface area contributed by atoms with Crippen molar-refractivity contribution in [2.45, 2.75) is 51.5 Å². The van der Waals surface area contributed by atoms with E-state index in [1.807, 2.05) is 11.8 Å². The summed E-state index contributed by atoms with van der Waals surface area (Å²) < 4.78 is 0. The van der Waals surface area contributed by atoms with Gasteiger partial charge in [-0.3, -0.25) is 0 Å². The summed E-state index contributed by atoms with van der Waals surface area (Å²) in [6.45, 7) is 5.63. The predicted molar refractivity (Wildman–Crippen MR) is 72.0 cm³/mol. The van der Waals surface area contributed by atoms with Crippen molar-refractivity contribution in [2.24, 2.45) is 5.92 Å². The quantitative estimate of drug-likeness (QED) is 0.850. The van der Waals surface area contributed by atoms with Gasteiger partial charge in [-0.15, -0.1) is 0 Å². The van der Waals surface area contributed by atoms with Gasteiger partial charge in [0.2, 0.25) is 0 Å². The number of amides is 2. The van der Waals surface area contributed by atoms with Gasteiger partial charge in [0.05, 0.1) is 0 Å². The van der Waals surface area contributed by atoms with Crippen LogP contribution in [0.5, 0.6) is 0 Å². The van der Waals surface area contributed by atoms with E-state index in [1.54, 1.807) is 11.8 Å². The first-order chi connectivity index (χ1) is 8.99. The highest BCUT2D eigenvalue weighted by Crippen LogP contribution is 2.32. The topological polar surface area (TPSA) is 60.9 Å². The first-order valence-electron chi connectivity index (χ1n) is 7.29. The van der Waals surface area contributed by atoms with Crippen molar-refractivity contribution in [2.75, 3.05) is 19.6 Å². The number of nitrogens with zero attached hydrogens (tertiary/aromatic N) is 2. The molecular formula is C14H24N2O3. The van der Waals surface area contributed by atoms with Crippen LogP contribution in [0.15, 0.2) is 0 Å². The molecule has 2 rings (SSSR count). The van der Waals surface area contributed by atoms with Crippen LogP contribution in [0.2, 0.25) is 0 Å². The molecule has 2 fully saturated rings. The summed E-state index contributed by atoms with van der Waals surface area (Å²) in [7, 11) is 0. The molecule has 1 heterocycles. The molecular weight excluding hydrogens is 244 g/mol. The van der Waals surface area contributed by atoms with E-state index in [-0.39, 0.29) is 6.03 Å². The van der Waals surface area contributed by atoms with E-state index in [4.69, 9.17) is 0 Å². The molecule has 0 aromatic rings. The molecule has 0 bridgehead atoms. The van der Waals surface area contributed by atoms with Gasteiger partial charge >= 0.3 is 12.0 Å². The minimum absolute atomic E-state index is 0.0981. The number of hydrogen-bond donors (Lipinski definition) is 1. The number of rotatable bonds is 4. The van der Waals surface area contributed by atoms with Crippen LogP contribution < -0.4 is 0 Å². The number of hydrogen-bond acceptors (Lipinski definition) is 2. The number of urea groups is 1. The van der Waals surface area contributed by atoms with E-state index in [0.717, 1.165) is 19.4 Å². The molecule has 0 spiro atoms. The number of aliphatic carboxylic acids is 1. The van der Waals surface area contributed by atoms with E-state index < -0.39 is 11.5 Å². The van der Waals surface area contributed by atoms with Gasteiger partial charge in [0.1, 0.15) is 5.54 Å². The molecule has 1 aliphatic carbocycles. The highest BCUT2D eigenvalue weighted by molar-refractivity contribution is 5.86. The van der Waals surface area contributed by atoms with Crippen LogP contribution in [0, 0.1) is 5.92 Å². The largest absolute Gasteiger partial charge is 0.480 e. The second-order valence-corrected chi connectivity index (χ2v) is 5.95. The average molecular weight is 268 g/mol. The Labute approximate surface area is 114 Å². The molecule has 1 N–H and O–H groups in total. The second kappa shape index (κ2) is 5.39. The van der Waals surface area contributed by atoms with E-state index in [2.05, 4.69) is 0 Å². The van der Waals surface area contributed by atoms with E-state index >= 15 is 0 Å². The van der Waals surface area contributed by atoms with Crippen molar-refractivity contribution in [3.05, 3.63) is 0 Å². The number of likely N-dealkylation sites (tertiary alicyclic amines) is 1. The van der Waals surface area contributed by atoms with E-state index in [0.29, 0.717) is 25.4 Å². The van der Waals surface area contributed by atoms with Gasteiger partial charge in [-0.1, -0.05) is 0 Å². The number of carboxylic acid groups (broad SMARTS) is 1. The van der Waals surface area contributed by atoms with Crippen LogP contribution in [-0.4, -0.2) is 52.1 Å². The molecule has 1 aliphatic heterocycles. The minimum atomic E-state index is -1.04. The van der Waals surface area contributed by atoms with E-state index in [1.165, 1.54) is 12.8 Å². The van der Waals surface area contributed by atoms with Crippen LogP contribution in [0.4, 0.5) is 4.79 Å². The van der Waals surface area contributed by atoms with Crippen LogP contribution >= 0.6 is 0 Å². The van der Waals surface area contributed by atoms with Crippen molar-refractivity contribution in [3.63, 3.8) is 0 Å². The molecule has 2 aliphatic rings. The fourth-order valence-corrected chi connectivity index (χ4v) is 2.78. The normalized spacial score (nSPS) is 27.2. The first kappa shape index (κ1) is 14.2. The molecule has 1 atom stereocenters. The summed E-state index contributed by atoms with van der Waals surface area (Å²) in [5.41, 5.74) is -1.04. The SMILES string of the molecule is CCN(CC1CC1)C(=O)N1CCCCC1(C)C(=O)O. The number of carbonyl (C=O) groups excluding carboxylic acids is 1. The summed E-state index contributed by atoms with van der Waals surface area (Å²) in [5, 5.41) is 9.45. The molecule has 2 amide bonds. The lowest BCUT2D eigenvalue weighted by atomic mass is 9.89. The van der Waals surface area contributed by atoms with Crippen LogP contribution in [0.3, 0.4) is 0 Å². The van der Waals surface area contributed by atoms with Gasteiger partial charge in [-0.2, -0.15) is 0 Å².